The Kier molecular flexibility index (Phi) is 2.63. The molecule has 0 bridgehead atoms. The van der Waals surface area contributed by atoms with Gasteiger partial charge in [0.15, 0.2) is 0 Å². The van der Waals surface area contributed by atoms with Crippen LogP contribution in [0.15, 0.2) is 18.2 Å². The van der Waals surface area contributed by atoms with Gasteiger partial charge >= 0.3 is 0 Å². The smallest absolute Gasteiger partial charge is 0.273 e. The second-order valence-electron chi connectivity index (χ2n) is 2.12. The second-order valence-corrected chi connectivity index (χ2v) is 2.12. The molecule has 0 aliphatic heterocycles. The van der Waals surface area contributed by atoms with E-state index in [4.69, 9.17) is 4.74 Å². The Morgan fingerprint density at radius 2 is 2.42 bits per heavy atom. The van der Waals surface area contributed by atoms with Crippen molar-refractivity contribution in [2.75, 3.05) is 6.61 Å². The first-order chi connectivity index (χ1) is 5.74. The molecule has 0 saturated carbocycles. The molecule has 12 heavy (non-hydrogen) atoms. The Balaban J connectivity index is 2.88. The fourth-order valence-corrected chi connectivity index (χ4v) is 0.794. The molecule has 1 radical (unpaired) electrons. The topological polar surface area (TPSA) is 52.4 Å². The molecular formula is C8H8NO3. The van der Waals surface area contributed by atoms with E-state index in [0.29, 0.717) is 12.4 Å². The highest BCUT2D eigenvalue weighted by Gasteiger charge is 2.05. The minimum absolute atomic E-state index is 0.000880. The summed E-state index contributed by atoms with van der Waals surface area (Å²) in [4.78, 5) is 9.81. The summed E-state index contributed by atoms with van der Waals surface area (Å²) in [6.07, 6.45) is 0. The highest BCUT2D eigenvalue weighted by atomic mass is 16.6. The molecule has 0 heterocycles. The summed E-state index contributed by atoms with van der Waals surface area (Å²) in [5, 5.41) is 10.3. The first kappa shape index (κ1) is 8.52. The van der Waals surface area contributed by atoms with Gasteiger partial charge in [-0.1, -0.05) is 0 Å². The summed E-state index contributed by atoms with van der Waals surface area (Å²) < 4.78 is 5.06. The van der Waals surface area contributed by atoms with Gasteiger partial charge in [0.2, 0.25) is 0 Å². The first-order valence-electron chi connectivity index (χ1n) is 3.52. The molecule has 0 amide bonds. The number of hydrogen-bond acceptors (Lipinski definition) is 3. The molecule has 63 valence electrons. The van der Waals surface area contributed by atoms with Gasteiger partial charge in [0, 0.05) is 6.07 Å². The zero-order chi connectivity index (χ0) is 8.97. The summed E-state index contributed by atoms with van der Waals surface area (Å²) in [6.45, 7) is 2.31. The Bertz CT molecular complexity index is 285. The van der Waals surface area contributed by atoms with Gasteiger partial charge in [0.05, 0.1) is 17.6 Å². The zero-order valence-electron chi connectivity index (χ0n) is 6.61. The monoisotopic (exact) mass is 166 g/mol. The molecule has 0 aromatic heterocycles. The molecule has 4 heteroatoms. The molecule has 0 N–H and O–H groups in total. The molecule has 0 aliphatic carbocycles. The summed E-state index contributed by atoms with van der Waals surface area (Å²) in [6, 6.07) is 6.88. The molecule has 0 atom stereocenters. The van der Waals surface area contributed by atoms with Crippen LogP contribution in [0.4, 0.5) is 5.69 Å². The number of nitrogens with zero attached hydrogens (tertiary/aromatic N) is 1. The number of ether oxygens (including phenoxy) is 1. The maximum atomic E-state index is 10.3. The van der Waals surface area contributed by atoms with Crippen LogP contribution in [0.2, 0.25) is 0 Å². The van der Waals surface area contributed by atoms with E-state index in [-0.39, 0.29) is 5.69 Å². The lowest BCUT2D eigenvalue weighted by Gasteiger charge is -2.00. The molecule has 0 unspecified atom stereocenters. The molecule has 0 spiro atoms. The molecule has 0 fully saturated rings. The molecule has 0 aliphatic rings. The molecule has 1 aromatic carbocycles. The Morgan fingerprint density at radius 3 is 3.00 bits per heavy atom. The third-order valence-corrected chi connectivity index (χ3v) is 1.27. The van der Waals surface area contributed by atoms with E-state index in [1.165, 1.54) is 12.1 Å². The summed E-state index contributed by atoms with van der Waals surface area (Å²) in [5.41, 5.74) is 0.000880. The van der Waals surface area contributed by atoms with Crippen molar-refractivity contribution in [3.63, 3.8) is 0 Å². The average molecular weight is 166 g/mol. The molecule has 4 nitrogen and oxygen atoms in total. The van der Waals surface area contributed by atoms with Crippen LogP contribution >= 0.6 is 0 Å². The van der Waals surface area contributed by atoms with Gasteiger partial charge < -0.3 is 4.74 Å². The molecular weight excluding hydrogens is 158 g/mol. The number of nitro groups is 1. The van der Waals surface area contributed by atoms with E-state index in [2.05, 4.69) is 6.07 Å². The number of non-ortho nitro benzene ring substituents is 1. The maximum Gasteiger partial charge on any atom is 0.273 e. The van der Waals surface area contributed by atoms with Crippen molar-refractivity contribution in [1.29, 1.82) is 0 Å². The zero-order valence-corrected chi connectivity index (χ0v) is 6.61. The van der Waals surface area contributed by atoms with Crippen LogP contribution in [0.3, 0.4) is 0 Å². The van der Waals surface area contributed by atoms with Gasteiger partial charge in [-0.2, -0.15) is 0 Å². The van der Waals surface area contributed by atoms with Crippen molar-refractivity contribution in [3.05, 3.63) is 34.4 Å². The van der Waals surface area contributed by atoms with E-state index in [1.807, 2.05) is 6.92 Å². The minimum Gasteiger partial charge on any atom is -0.494 e. The first-order valence-corrected chi connectivity index (χ1v) is 3.52. The van der Waals surface area contributed by atoms with Crippen LogP contribution in [-0.2, 0) is 0 Å². The van der Waals surface area contributed by atoms with E-state index in [9.17, 15) is 10.1 Å². The highest BCUT2D eigenvalue weighted by molar-refractivity contribution is 5.37. The molecule has 1 aromatic rings. The lowest BCUT2D eigenvalue weighted by atomic mass is 10.3. The van der Waals surface area contributed by atoms with E-state index in [0.717, 1.165) is 0 Å². The van der Waals surface area contributed by atoms with Crippen molar-refractivity contribution >= 4 is 5.69 Å². The lowest BCUT2D eigenvalue weighted by molar-refractivity contribution is -0.385. The SMILES string of the molecule is CCOc1c[c]cc([N+](=O)[O-])c1. The van der Waals surface area contributed by atoms with Crippen LogP contribution in [0.5, 0.6) is 5.75 Å². The van der Waals surface area contributed by atoms with Crippen LogP contribution < -0.4 is 4.74 Å². The third kappa shape index (κ3) is 1.95. The van der Waals surface area contributed by atoms with Crippen molar-refractivity contribution in [2.45, 2.75) is 6.92 Å². The van der Waals surface area contributed by atoms with Crippen molar-refractivity contribution < 1.29 is 9.66 Å². The van der Waals surface area contributed by atoms with Gasteiger partial charge in [0.25, 0.3) is 5.69 Å². The summed E-state index contributed by atoms with van der Waals surface area (Å²) in [7, 11) is 0. The lowest BCUT2D eigenvalue weighted by Crippen LogP contribution is -1.93. The normalized spacial score (nSPS) is 9.42. The highest BCUT2D eigenvalue weighted by Crippen LogP contribution is 2.18. The summed E-state index contributed by atoms with van der Waals surface area (Å²) >= 11 is 0. The molecule has 0 saturated heterocycles. The predicted octanol–water partition coefficient (Wildman–Crippen LogP) is 1.79. The Hall–Kier alpha value is -1.58. The largest absolute Gasteiger partial charge is 0.494 e. The maximum absolute atomic E-state index is 10.3. The number of hydrogen-bond donors (Lipinski definition) is 0. The van der Waals surface area contributed by atoms with E-state index >= 15 is 0 Å². The van der Waals surface area contributed by atoms with Crippen molar-refractivity contribution in [3.8, 4) is 5.75 Å². The number of benzene rings is 1. The van der Waals surface area contributed by atoms with Crippen LogP contribution in [0.25, 0.3) is 0 Å². The fraction of sp³-hybridized carbons (Fsp3) is 0.250. The van der Waals surface area contributed by atoms with E-state index < -0.39 is 4.92 Å². The van der Waals surface area contributed by atoms with Crippen molar-refractivity contribution in [1.82, 2.24) is 0 Å². The van der Waals surface area contributed by atoms with Crippen LogP contribution in [-0.4, -0.2) is 11.5 Å². The number of rotatable bonds is 3. The number of nitro benzene ring substituents is 1. The average Bonchev–Trinajstić information content (AvgIpc) is 2.05. The fourth-order valence-electron chi connectivity index (χ4n) is 0.794. The Morgan fingerprint density at radius 1 is 1.67 bits per heavy atom. The van der Waals surface area contributed by atoms with Crippen molar-refractivity contribution in [2.24, 2.45) is 0 Å². The standard InChI is InChI=1S/C8H8NO3/c1-2-12-8-5-3-4-7(6-8)9(10)11/h4-6H,2H2,1H3. The minimum atomic E-state index is -0.473. The predicted molar refractivity (Wildman–Crippen MR) is 43.1 cm³/mol. The van der Waals surface area contributed by atoms with Gasteiger partial charge in [-0.15, -0.1) is 0 Å². The Labute approximate surface area is 69.9 Å². The second kappa shape index (κ2) is 3.71. The van der Waals surface area contributed by atoms with Gasteiger partial charge in [-0.25, -0.2) is 0 Å². The molecule has 1 rings (SSSR count). The summed E-state index contributed by atoms with van der Waals surface area (Å²) in [5.74, 6) is 0.478. The van der Waals surface area contributed by atoms with Crippen LogP contribution in [0.1, 0.15) is 6.92 Å². The van der Waals surface area contributed by atoms with Crippen LogP contribution in [0, 0.1) is 16.2 Å². The van der Waals surface area contributed by atoms with Gasteiger partial charge in [0.1, 0.15) is 5.75 Å². The van der Waals surface area contributed by atoms with Gasteiger partial charge in [-0.3, -0.25) is 10.1 Å². The van der Waals surface area contributed by atoms with Gasteiger partial charge in [-0.05, 0) is 19.1 Å². The van der Waals surface area contributed by atoms with E-state index in [1.54, 1.807) is 6.07 Å². The quantitative estimate of drug-likeness (QED) is 0.508. The third-order valence-electron chi connectivity index (χ3n) is 1.27.